The van der Waals surface area contributed by atoms with E-state index < -0.39 is 12.0 Å². The molecule has 3 heterocycles. The van der Waals surface area contributed by atoms with Gasteiger partial charge in [0.25, 0.3) is 5.91 Å². The molecule has 2 amide bonds. The lowest BCUT2D eigenvalue weighted by Crippen LogP contribution is -2.44. The maximum atomic E-state index is 13.5. The van der Waals surface area contributed by atoms with Gasteiger partial charge in [0.2, 0.25) is 5.91 Å². The molecule has 2 aromatic rings. The zero-order chi connectivity index (χ0) is 19.6. The zero-order valence-corrected chi connectivity index (χ0v) is 15.9. The normalized spacial score (nSPS) is 27.5. The predicted octanol–water partition coefficient (Wildman–Crippen LogP) is 2.98. The van der Waals surface area contributed by atoms with Crippen LogP contribution in [0.25, 0.3) is 0 Å². The number of nitrogens with zero attached hydrogens (tertiary/aromatic N) is 3. The Morgan fingerprint density at radius 3 is 2.21 bits per heavy atom. The molecule has 3 saturated heterocycles. The lowest BCUT2D eigenvalue weighted by molar-refractivity contribution is -0.126. The molecule has 0 spiro atoms. The molecule has 0 aliphatic carbocycles. The van der Waals surface area contributed by atoms with E-state index in [1.165, 1.54) is 17.0 Å². The van der Waals surface area contributed by atoms with Gasteiger partial charge in [0.15, 0.2) is 0 Å². The van der Waals surface area contributed by atoms with Crippen LogP contribution in [0.15, 0.2) is 42.5 Å². The third-order valence-corrected chi connectivity index (χ3v) is 6.37. The number of aryl methyl sites for hydroxylation is 2. The molecule has 2 aromatic carbocycles. The molecule has 3 fully saturated rings. The highest BCUT2D eigenvalue weighted by atomic mass is 19.1. The van der Waals surface area contributed by atoms with Crippen molar-refractivity contribution >= 4 is 17.5 Å². The van der Waals surface area contributed by atoms with E-state index in [0.29, 0.717) is 5.69 Å². The van der Waals surface area contributed by atoms with Gasteiger partial charge in [-0.25, -0.2) is 19.3 Å². The van der Waals surface area contributed by atoms with E-state index in [0.717, 1.165) is 36.2 Å². The monoisotopic (exact) mass is 379 g/mol. The van der Waals surface area contributed by atoms with Crippen LogP contribution in [0, 0.1) is 25.6 Å². The van der Waals surface area contributed by atoms with Crippen LogP contribution in [0.3, 0.4) is 0 Å². The molecular weight excluding hydrogens is 357 g/mol. The standard InChI is InChI=1S/C22H22FN3O2/c1-13-4-9-17(12-14(13)2)26-21(27)18-19(15-5-7-16(23)8-6-15)24-10-3-11-25(24)20(18)22(26)28/h4-9,12,18-20H,3,10-11H2,1-2H3/t18-,19+,20+/m0/s1. The van der Waals surface area contributed by atoms with Gasteiger partial charge in [0.1, 0.15) is 11.9 Å². The Morgan fingerprint density at radius 2 is 1.54 bits per heavy atom. The summed E-state index contributed by atoms with van der Waals surface area (Å²) >= 11 is 0. The number of carbonyl (C=O) groups is 2. The number of rotatable bonds is 2. The van der Waals surface area contributed by atoms with Crippen molar-refractivity contribution in [2.45, 2.75) is 32.4 Å². The zero-order valence-electron chi connectivity index (χ0n) is 15.9. The van der Waals surface area contributed by atoms with Crippen molar-refractivity contribution in [2.24, 2.45) is 5.92 Å². The quantitative estimate of drug-likeness (QED) is 0.753. The second-order valence-corrected chi connectivity index (χ2v) is 7.93. The van der Waals surface area contributed by atoms with Crippen molar-refractivity contribution in [3.63, 3.8) is 0 Å². The number of halogens is 1. The first-order chi connectivity index (χ1) is 13.5. The predicted molar refractivity (Wildman–Crippen MR) is 103 cm³/mol. The summed E-state index contributed by atoms with van der Waals surface area (Å²) in [5.41, 5.74) is 3.69. The fourth-order valence-corrected chi connectivity index (χ4v) is 4.89. The van der Waals surface area contributed by atoms with Crippen LogP contribution in [-0.4, -0.2) is 41.0 Å². The van der Waals surface area contributed by atoms with Crippen LogP contribution in [-0.2, 0) is 9.59 Å². The fraction of sp³-hybridized carbons (Fsp3) is 0.364. The first-order valence-corrected chi connectivity index (χ1v) is 9.71. The largest absolute Gasteiger partial charge is 0.274 e. The number of fused-ring (bicyclic) bond motifs is 3. The van der Waals surface area contributed by atoms with E-state index in [9.17, 15) is 14.0 Å². The lowest BCUT2D eigenvalue weighted by atomic mass is 9.90. The second-order valence-electron chi connectivity index (χ2n) is 7.93. The topological polar surface area (TPSA) is 43.9 Å². The third-order valence-electron chi connectivity index (χ3n) is 6.37. The summed E-state index contributed by atoms with van der Waals surface area (Å²) in [5.74, 6) is -1.10. The molecule has 0 radical (unpaired) electrons. The van der Waals surface area contributed by atoms with E-state index >= 15 is 0 Å². The fourth-order valence-electron chi connectivity index (χ4n) is 4.89. The van der Waals surface area contributed by atoms with Crippen molar-refractivity contribution in [1.29, 1.82) is 0 Å². The summed E-state index contributed by atoms with van der Waals surface area (Å²) in [7, 11) is 0. The second kappa shape index (κ2) is 6.22. The molecule has 0 saturated carbocycles. The number of hydrogen-bond donors (Lipinski definition) is 0. The first kappa shape index (κ1) is 17.5. The Labute approximate surface area is 163 Å². The summed E-state index contributed by atoms with van der Waals surface area (Å²) in [6, 6.07) is 11.3. The van der Waals surface area contributed by atoms with E-state index in [-0.39, 0.29) is 23.7 Å². The van der Waals surface area contributed by atoms with Crippen LogP contribution in [0.1, 0.15) is 29.2 Å². The summed E-state index contributed by atoms with van der Waals surface area (Å²) in [4.78, 5) is 28.2. The van der Waals surface area contributed by atoms with Crippen molar-refractivity contribution in [2.75, 3.05) is 18.0 Å². The average molecular weight is 379 g/mol. The minimum Gasteiger partial charge on any atom is -0.274 e. The van der Waals surface area contributed by atoms with Crippen LogP contribution in [0.4, 0.5) is 10.1 Å². The molecule has 0 unspecified atom stereocenters. The van der Waals surface area contributed by atoms with Gasteiger partial charge in [-0.05, 0) is 61.2 Å². The molecular formula is C22H22FN3O2. The molecule has 5 nitrogen and oxygen atoms in total. The Kier molecular flexibility index (Phi) is 3.89. The molecule has 3 aliphatic heterocycles. The molecule has 3 atom stereocenters. The Hall–Kier alpha value is -2.57. The minimum atomic E-state index is -0.480. The molecule has 28 heavy (non-hydrogen) atoms. The molecule has 5 rings (SSSR count). The van der Waals surface area contributed by atoms with Gasteiger partial charge < -0.3 is 0 Å². The van der Waals surface area contributed by atoms with Crippen molar-refractivity contribution in [3.8, 4) is 0 Å². The highest BCUT2D eigenvalue weighted by molar-refractivity contribution is 6.24. The Bertz CT molecular complexity index is 974. The summed E-state index contributed by atoms with van der Waals surface area (Å²) < 4.78 is 13.4. The number of anilines is 1. The highest BCUT2D eigenvalue weighted by Crippen LogP contribution is 2.48. The number of amides is 2. The molecule has 6 heteroatoms. The smallest absolute Gasteiger partial charge is 0.253 e. The number of hydrazine groups is 1. The van der Waals surface area contributed by atoms with Crippen LogP contribution < -0.4 is 4.90 Å². The number of benzene rings is 2. The van der Waals surface area contributed by atoms with Gasteiger partial charge in [-0.1, -0.05) is 18.2 Å². The molecule has 0 bridgehead atoms. The van der Waals surface area contributed by atoms with Crippen LogP contribution in [0.2, 0.25) is 0 Å². The summed E-state index contributed by atoms with van der Waals surface area (Å²) in [6.07, 6.45) is 0.950. The molecule has 144 valence electrons. The van der Waals surface area contributed by atoms with E-state index in [2.05, 4.69) is 10.0 Å². The van der Waals surface area contributed by atoms with Gasteiger partial charge in [0.05, 0.1) is 17.6 Å². The van der Waals surface area contributed by atoms with Gasteiger partial charge in [-0.3, -0.25) is 9.59 Å². The van der Waals surface area contributed by atoms with E-state index in [1.54, 1.807) is 12.1 Å². The first-order valence-electron chi connectivity index (χ1n) is 9.71. The SMILES string of the molecule is Cc1ccc(N2C(=O)[C@H]3[C@@H](c4ccc(F)cc4)N4CCCN4[C@H]3C2=O)cc1C. The van der Waals surface area contributed by atoms with E-state index in [4.69, 9.17) is 0 Å². The van der Waals surface area contributed by atoms with Crippen LogP contribution >= 0.6 is 0 Å². The van der Waals surface area contributed by atoms with Crippen LogP contribution in [0.5, 0.6) is 0 Å². The van der Waals surface area contributed by atoms with Gasteiger partial charge >= 0.3 is 0 Å². The maximum Gasteiger partial charge on any atom is 0.253 e. The number of carbonyl (C=O) groups excluding carboxylic acids is 2. The lowest BCUT2D eigenvalue weighted by Gasteiger charge is -2.29. The van der Waals surface area contributed by atoms with Crippen molar-refractivity contribution < 1.29 is 14.0 Å². The Morgan fingerprint density at radius 1 is 0.857 bits per heavy atom. The summed E-state index contributed by atoms with van der Waals surface area (Å²) in [6.45, 7) is 5.56. The van der Waals surface area contributed by atoms with Gasteiger partial charge in [0, 0.05) is 13.1 Å². The molecule has 0 N–H and O–H groups in total. The molecule has 3 aliphatic rings. The molecule has 0 aromatic heterocycles. The third kappa shape index (κ3) is 2.38. The summed E-state index contributed by atoms with van der Waals surface area (Å²) in [5, 5.41) is 4.19. The van der Waals surface area contributed by atoms with E-state index in [1.807, 2.05) is 32.0 Å². The Balaban J connectivity index is 1.58. The highest BCUT2D eigenvalue weighted by Gasteiger charge is 2.62. The number of imide groups is 1. The average Bonchev–Trinajstić information content (AvgIpc) is 3.31. The minimum absolute atomic E-state index is 0.158. The van der Waals surface area contributed by atoms with Crippen molar-refractivity contribution in [3.05, 3.63) is 65.0 Å². The maximum absolute atomic E-state index is 13.5. The number of hydrogen-bond acceptors (Lipinski definition) is 4. The van der Waals surface area contributed by atoms with Gasteiger partial charge in [-0.15, -0.1) is 0 Å². The van der Waals surface area contributed by atoms with Crippen molar-refractivity contribution in [1.82, 2.24) is 10.0 Å². The van der Waals surface area contributed by atoms with Gasteiger partial charge in [-0.2, -0.15) is 0 Å².